The quantitative estimate of drug-likeness (QED) is 0.692. The number of anilines is 2. The Hall–Kier alpha value is -1.96. The molecule has 1 fully saturated rings. The zero-order valence-corrected chi connectivity index (χ0v) is 14.1. The van der Waals surface area contributed by atoms with E-state index in [1.165, 1.54) is 0 Å². The van der Waals surface area contributed by atoms with E-state index in [1.54, 1.807) is 24.3 Å². The van der Waals surface area contributed by atoms with Crippen molar-refractivity contribution >= 4 is 23.2 Å². The first kappa shape index (κ1) is 18.4. The van der Waals surface area contributed by atoms with Crippen LogP contribution < -0.4 is 16.4 Å². The lowest BCUT2D eigenvalue weighted by Crippen LogP contribution is -2.41. The summed E-state index contributed by atoms with van der Waals surface area (Å²) >= 11 is 0. The molecule has 1 aliphatic heterocycles. The lowest BCUT2D eigenvalue weighted by Gasteiger charge is -2.25. The number of nitrogens with two attached hydrogens (primary N) is 1. The average Bonchev–Trinajstić information content (AvgIpc) is 2.55. The number of rotatable bonds is 7. The first-order valence-corrected chi connectivity index (χ1v) is 8.28. The molecule has 1 saturated heterocycles. The Morgan fingerprint density at radius 2 is 1.67 bits per heavy atom. The molecule has 1 aromatic carbocycles. The van der Waals surface area contributed by atoms with Crippen LogP contribution in [0.3, 0.4) is 0 Å². The number of morpholine rings is 1. The van der Waals surface area contributed by atoms with Gasteiger partial charge in [0, 0.05) is 36.9 Å². The van der Waals surface area contributed by atoms with Gasteiger partial charge in [-0.15, -0.1) is 0 Å². The predicted molar refractivity (Wildman–Crippen MR) is 93.8 cm³/mol. The number of carbonyl (C=O) groups is 2. The SMILES string of the molecule is CC(N)CCC(=O)Nc1ccc(NC(=O)CN2CCOCC2)cc1. The van der Waals surface area contributed by atoms with Gasteiger partial charge in [-0.3, -0.25) is 14.5 Å². The minimum atomic E-state index is -0.0589. The Kier molecular flexibility index (Phi) is 7.17. The van der Waals surface area contributed by atoms with Crippen LogP contribution in [0.1, 0.15) is 19.8 Å². The summed E-state index contributed by atoms with van der Waals surface area (Å²) in [6.07, 6.45) is 1.05. The maximum Gasteiger partial charge on any atom is 0.238 e. The molecule has 0 aromatic heterocycles. The second-order valence-corrected chi connectivity index (χ2v) is 6.08. The molecule has 1 aliphatic rings. The minimum Gasteiger partial charge on any atom is -0.379 e. The molecule has 7 heteroatoms. The molecule has 0 bridgehead atoms. The Labute approximate surface area is 142 Å². The van der Waals surface area contributed by atoms with Gasteiger partial charge in [-0.05, 0) is 37.6 Å². The molecule has 132 valence electrons. The summed E-state index contributed by atoms with van der Waals surface area (Å²) in [4.78, 5) is 25.8. The molecule has 0 radical (unpaired) electrons. The Morgan fingerprint density at radius 3 is 2.21 bits per heavy atom. The molecular formula is C17H26N4O3. The smallest absolute Gasteiger partial charge is 0.238 e. The highest BCUT2D eigenvalue weighted by atomic mass is 16.5. The van der Waals surface area contributed by atoms with Crippen molar-refractivity contribution in [1.29, 1.82) is 0 Å². The molecule has 0 spiro atoms. The van der Waals surface area contributed by atoms with Crippen molar-refractivity contribution in [3.05, 3.63) is 24.3 Å². The van der Waals surface area contributed by atoms with Crippen LogP contribution in [0.2, 0.25) is 0 Å². The highest BCUT2D eigenvalue weighted by Gasteiger charge is 2.14. The topological polar surface area (TPSA) is 96.7 Å². The number of amides is 2. The van der Waals surface area contributed by atoms with Crippen molar-refractivity contribution in [2.75, 3.05) is 43.5 Å². The fourth-order valence-corrected chi connectivity index (χ4v) is 2.38. The number of ether oxygens (including phenoxy) is 1. The highest BCUT2D eigenvalue weighted by molar-refractivity contribution is 5.93. The van der Waals surface area contributed by atoms with Crippen molar-refractivity contribution < 1.29 is 14.3 Å². The second kappa shape index (κ2) is 9.36. The monoisotopic (exact) mass is 334 g/mol. The molecule has 0 aliphatic carbocycles. The number of nitrogens with zero attached hydrogens (tertiary/aromatic N) is 1. The molecule has 4 N–H and O–H groups in total. The van der Waals surface area contributed by atoms with Gasteiger partial charge in [0.05, 0.1) is 19.8 Å². The fourth-order valence-electron chi connectivity index (χ4n) is 2.38. The molecular weight excluding hydrogens is 308 g/mol. The summed E-state index contributed by atoms with van der Waals surface area (Å²) in [7, 11) is 0. The van der Waals surface area contributed by atoms with Crippen molar-refractivity contribution in [2.24, 2.45) is 5.73 Å². The van der Waals surface area contributed by atoms with E-state index >= 15 is 0 Å². The molecule has 1 atom stereocenters. The summed E-state index contributed by atoms with van der Waals surface area (Å²) < 4.78 is 5.26. The van der Waals surface area contributed by atoms with E-state index in [1.807, 2.05) is 6.92 Å². The van der Waals surface area contributed by atoms with E-state index in [-0.39, 0.29) is 17.9 Å². The molecule has 1 heterocycles. The van der Waals surface area contributed by atoms with E-state index in [2.05, 4.69) is 15.5 Å². The Morgan fingerprint density at radius 1 is 1.12 bits per heavy atom. The van der Waals surface area contributed by atoms with Crippen LogP contribution >= 0.6 is 0 Å². The maximum atomic E-state index is 12.0. The third-order valence-corrected chi connectivity index (χ3v) is 3.75. The van der Waals surface area contributed by atoms with Gasteiger partial charge in [-0.2, -0.15) is 0 Å². The predicted octanol–water partition coefficient (Wildman–Crippen LogP) is 1.02. The van der Waals surface area contributed by atoms with Gasteiger partial charge in [0.15, 0.2) is 0 Å². The molecule has 2 rings (SSSR count). The highest BCUT2D eigenvalue weighted by Crippen LogP contribution is 2.14. The van der Waals surface area contributed by atoms with Gasteiger partial charge in [0.2, 0.25) is 11.8 Å². The van der Waals surface area contributed by atoms with Gasteiger partial charge < -0.3 is 21.1 Å². The first-order valence-electron chi connectivity index (χ1n) is 8.28. The maximum absolute atomic E-state index is 12.0. The van der Waals surface area contributed by atoms with Crippen LogP contribution in [0.5, 0.6) is 0 Å². The van der Waals surface area contributed by atoms with Crippen LogP contribution in [0.25, 0.3) is 0 Å². The number of hydrogen-bond acceptors (Lipinski definition) is 5. The van der Waals surface area contributed by atoms with Gasteiger partial charge in [0.25, 0.3) is 0 Å². The molecule has 1 unspecified atom stereocenters. The van der Waals surface area contributed by atoms with Crippen molar-refractivity contribution in [3.8, 4) is 0 Å². The normalized spacial score (nSPS) is 16.4. The van der Waals surface area contributed by atoms with Crippen LogP contribution in [0.15, 0.2) is 24.3 Å². The van der Waals surface area contributed by atoms with Crippen LogP contribution in [0.4, 0.5) is 11.4 Å². The molecule has 1 aromatic rings. The van der Waals surface area contributed by atoms with Crippen molar-refractivity contribution in [2.45, 2.75) is 25.8 Å². The number of benzene rings is 1. The number of carbonyl (C=O) groups excluding carboxylic acids is 2. The van der Waals surface area contributed by atoms with Crippen molar-refractivity contribution in [3.63, 3.8) is 0 Å². The standard InChI is InChI=1S/C17H26N4O3/c1-13(18)2-7-16(22)19-14-3-5-15(6-4-14)20-17(23)12-21-8-10-24-11-9-21/h3-6,13H,2,7-12,18H2,1H3,(H,19,22)(H,20,23). The van der Waals surface area contributed by atoms with E-state index in [0.717, 1.165) is 13.1 Å². The van der Waals surface area contributed by atoms with Crippen molar-refractivity contribution in [1.82, 2.24) is 4.90 Å². The van der Waals surface area contributed by atoms with Gasteiger partial charge in [-0.1, -0.05) is 0 Å². The summed E-state index contributed by atoms with van der Waals surface area (Å²) in [5, 5.41) is 5.67. The zero-order chi connectivity index (χ0) is 17.4. The van der Waals surface area contributed by atoms with E-state index in [0.29, 0.717) is 44.0 Å². The van der Waals surface area contributed by atoms with E-state index in [9.17, 15) is 9.59 Å². The average molecular weight is 334 g/mol. The van der Waals surface area contributed by atoms with E-state index in [4.69, 9.17) is 10.5 Å². The third-order valence-electron chi connectivity index (χ3n) is 3.75. The summed E-state index contributed by atoms with van der Waals surface area (Å²) in [6, 6.07) is 7.11. The molecule has 7 nitrogen and oxygen atoms in total. The van der Waals surface area contributed by atoms with Crippen LogP contribution in [-0.2, 0) is 14.3 Å². The zero-order valence-electron chi connectivity index (χ0n) is 14.1. The number of hydrogen-bond donors (Lipinski definition) is 3. The number of nitrogens with one attached hydrogen (secondary N) is 2. The van der Waals surface area contributed by atoms with Gasteiger partial charge >= 0.3 is 0 Å². The molecule has 0 saturated carbocycles. The Bertz CT molecular complexity index is 539. The third kappa shape index (κ3) is 6.66. The summed E-state index contributed by atoms with van der Waals surface area (Å²) in [5.41, 5.74) is 7.05. The summed E-state index contributed by atoms with van der Waals surface area (Å²) in [5.74, 6) is -0.109. The second-order valence-electron chi connectivity index (χ2n) is 6.08. The van der Waals surface area contributed by atoms with E-state index < -0.39 is 0 Å². The Balaban J connectivity index is 1.76. The molecule has 24 heavy (non-hydrogen) atoms. The first-order chi connectivity index (χ1) is 11.5. The van der Waals surface area contributed by atoms with Crippen LogP contribution in [-0.4, -0.2) is 55.6 Å². The van der Waals surface area contributed by atoms with Gasteiger partial charge in [0.1, 0.15) is 0 Å². The lowest BCUT2D eigenvalue weighted by atomic mass is 10.2. The summed E-state index contributed by atoms with van der Waals surface area (Å²) in [6.45, 7) is 5.13. The minimum absolute atomic E-state index is 0.0137. The lowest BCUT2D eigenvalue weighted by molar-refractivity contribution is -0.118. The largest absolute Gasteiger partial charge is 0.379 e. The van der Waals surface area contributed by atoms with Gasteiger partial charge in [-0.25, -0.2) is 0 Å². The van der Waals surface area contributed by atoms with Crippen LogP contribution in [0, 0.1) is 0 Å². The molecule has 2 amide bonds. The fraction of sp³-hybridized carbons (Fsp3) is 0.529.